The quantitative estimate of drug-likeness (QED) is 0.909. The number of carbonyl (C=O) groups is 1. The third kappa shape index (κ3) is 3.97. The molecule has 0 radical (unpaired) electrons. The Hall–Kier alpha value is -3.00. The van der Waals surface area contributed by atoms with Gasteiger partial charge in [-0.1, -0.05) is 19.9 Å². The lowest BCUT2D eigenvalue weighted by Gasteiger charge is -2.24. The predicted octanol–water partition coefficient (Wildman–Crippen LogP) is 3.85. The zero-order valence-electron chi connectivity index (χ0n) is 15.0. The van der Waals surface area contributed by atoms with Gasteiger partial charge in [0.15, 0.2) is 11.5 Å². The van der Waals surface area contributed by atoms with Crippen molar-refractivity contribution in [3.8, 4) is 17.6 Å². The first-order valence-corrected chi connectivity index (χ1v) is 8.79. The Morgan fingerprint density at radius 1 is 1.08 bits per heavy atom. The Balaban J connectivity index is 1.81. The van der Waals surface area contributed by atoms with E-state index < -0.39 is 0 Å². The number of benzene rings is 2. The molecule has 0 aliphatic carbocycles. The van der Waals surface area contributed by atoms with Gasteiger partial charge in [0.1, 0.15) is 0 Å². The van der Waals surface area contributed by atoms with E-state index in [0.29, 0.717) is 24.3 Å². The molecule has 1 aliphatic heterocycles. The first-order valence-electron chi connectivity index (χ1n) is 8.79. The third-order valence-corrected chi connectivity index (χ3v) is 4.36. The van der Waals surface area contributed by atoms with Crippen molar-refractivity contribution in [3.63, 3.8) is 0 Å². The molecule has 1 N–H and O–H groups in total. The number of nitrogens with one attached hydrogen (secondary N) is 1. The molecular formula is C21H22N2O3. The number of hydrogen-bond acceptors (Lipinski definition) is 4. The number of amides is 1. The van der Waals surface area contributed by atoms with Crippen molar-refractivity contribution < 1.29 is 14.3 Å². The van der Waals surface area contributed by atoms with Gasteiger partial charge in [0, 0.05) is 12.0 Å². The number of ether oxygens (including phenoxy) is 2. The maximum absolute atomic E-state index is 12.6. The van der Waals surface area contributed by atoms with Crippen molar-refractivity contribution in [1.29, 1.82) is 5.26 Å². The summed E-state index contributed by atoms with van der Waals surface area (Å²) >= 11 is 0. The molecule has 0 bridgehead atoms. The molecule has 0 saturated heterocycles. The topological polar surface area (TPSA) is 71.4 Å². The number of carbonyl (C=O) groups excluding carboxylic acids is 1. The van der Waals surface area contributed by atoms with Crippen LogP contribution >= 0.6 is 0 Å². The number of nitriles is 1. The summed E-state index contributed by atoms with van der Waals surface area (Å²) in [6.07, 6.45) is 0.854. The van der Waals surface area contributed by atoms with Crippen molar-refractivity contribution in [1.82, 2.24) is 5.32 Å². The molecule has 1 amide bonds. The molecule has 26 heavy (non-hydrogen) atoms. The zero-order chi connectivity index (χ0) is 18.5. The van der Waals surface area contributed by atoms with Gasteiger partial charge >= 0.3 is 0 Å². The maximum Gasteiger partial charge on any atom is 0.251 e. The predicted molar refractivity (Wildman–Crippen MR) is 98.3 cm³/mol. The van der Waals surface area contributed by atoms with E-state index in [1.807, 2.05) is 18.2 Å². The Kier molecular flexibility index (Phi) is 5.43. The van der Waals surface area contributed by atoms with Gasteiger partial charge in [0.2, 0.25) is 0 Å². The second kappa shape index (κ2) is 7.92. The van der Waals surface area contributed by atoms with Crippen LogP contribution in [0.1, 0.15) is 47.8 Å². The van der Waals surface area contributed by atoms with E-state index in [-0.39, 0.29) is 17.9 Å². The Morgan fingerprint density at radius 3 is 2.42 bits per heavy atom. The molecule has 0 aromatic heterocycles. The molecule has 2 aromatic carbocycles. The van der Waals surface area contributed by atoms with Crippen molar-refractivity contribution >= 4 is 5.91 Å². The van der Waals surface area contributed by atoms with Crippen LogP contribution in [0.15, 0.2) is 42.5 Å². The SMILES string of the molecule is CC(C)[C@@H](NC(=O)c1ccc(C#N)cc1)c1ccc2c(c1)OCCCO2. The number of fused-ring (bicyclic) bond motifs is 1. The minimum absolute atomic E-state index is 0.157. The van der Waals surface area contributed by atoms with E-state index in [9.17, 15) is 4.79 Å². The van der Waals surface area contributed by atoms with Crippen molar-refractivity contribution in [2.45, 2.75) is 26.3 Å². The number of rotatable bonds is 4. The van der Waals surface area contributed by atoms with Gasteiger partial charge < -0.3 is 14.8 Å². The highest BCUT2D eigenvalue weighted by molar-refractivity contribution is 5.94. The molecular weight excluding hydrogens is 328 g/mol. The van der Waals surface area contributed by atoms with Crippen LogP contribution in [0.3, 0.4) is 0 Å². The standard InChI is InChI=1S/C21H22N2O3/c1-14(2)20(23-21(24)16-6-4-15(13-22)5-7-16)17-8-9-18-19(12-17)26-11-3-10-25-18/h4-9,12,14,20H,3,10-11H2,1-2H3,(H,23,24)/t20-/m1/s1. The van der Waals surface area contributed by atoms with Gasteiger partial charge in [0.25, 0.3) is 5.91 Å². The van der Waals surface area contributed by atoms with Crippen LogP contribution in [0.4, 0.5) is 0 Å². The Labute approximate surface area is 153 Å². The van der Waals surface area contributed by atoms with E-state index in [1.54, 1.807) is 24.3 Å². The van der Waals surface area contributed by atoms with E-state index in [1.165, 1.54) is 0 Å². The number of hydrogen-bond donors (Lipinski definition) is 1. The Bertz CT molecular complexity index is 822. The molecule has 1 aliphatic rings. The summed E-state index contributed by atoms with van der Waals surface area (Å²) in [5.74, 6) is 1.49. The summed E-state index contributed by atoms with van der Waals surface area (Å²) < 4.78 is 11.4. The van der Waals surface area contributed by atoms with Gasteiger partial charge in [0.05, 0.1) is 30.9 Å². The van der Waals surface area contributed by atoms with E-state index >= 15 is 0 Å². The van der Waals surface area contributed by atoms with Crippen molar-refractivity contribution in [2.75, 3.05) is 13.2 Å². The van der Waals surface area contributed by atoms with Gasteiger partial charge in [-0.05, 0) is 47.9 Å². The van der Waals surface area contributed by atoms with E-state index in [0.717, 1.165) is 23.5 Å². The van der Waals surface area contributed by atoms with Gasteiger partial charge in [-0.3, -0.25) is 4.79 Å². The first-order chi connectivity index (χ1) is 12.6. The molecule has 1 atom stereocenters. The molecule has 5 nitrogen and oxygen atoms in total. The summed E-state index contributed by atoms with van der Waals surface area (Å²) in [5, 5.41) is 12.0. The molecule has 0 spiro atoms. The lowest BCUT2D eigenvalue weighted by Crippen LogP contribution is -2.31. The first kappa shape index (κ1) is 17.8. The van der Waals surface area contributed by atoms with Crippen LogP contribution in [0, 0.1) is 17.2 Å². The van der Waals surface area contributed by atoms with Crippen molar-refractivity contribution in [2.24, 2.45) is 5.92 Å². The zero-order valence-corrected chi connectivity index (χ0v) is 15.0. The molecule has 0 saturated carbocycles. The second-order valence-corrected chi connectivity index (χ2v) is 6.64. The molecule has 3 rings (SSSR count). The monoisotopic (exact) mass is 350 g/mol. The summed E-state index contributed by atoms with van der Waals surface area (Å²) in [6, 6.07) is 14.3. The number of nitrogens with zero attached hydrogens (tertiary/aromatic N) is 1. The average molecular weight is 350 g/mol. The van der Waals surface area contributed by atoms with E-state index in [2.05, 4.69) is 25.2 Å². The fourth-order valence-corrected chi connectivity index (χ4v) is 2.93. The highest BCUT2D eigenvalue weighted by Gasteiger charge is 2.21. The maximum atomic E-state index is 12.6. The molecule has 0 fully saturated rings. The summed E-state index contributed by atoms with van der Waals surface area (Å²) in [4.78, 5) is 12.6. The summed E-state index contributed by atoms with van der Waals surface area (Å²) in [5.41, 5.74) is 2.04. The largest absolute Gasteiger partial charge is 0.490 e. The van der Waals surface area contributed by atoms with Crippen LogP contribution in [0.2, 0.25) is 0 Å². The molecule has 1 heterocycles. The average Bonchev–Trinajstić information content (AvgIpc) is 2.90. The highest BCUT2D eigenvalue weighted by Crippen LogP contribution is 2.34. The van der Waals surface area contributed by atoms with Crippen LogP contribution in [-0.2, 0) is 0 Å². The van der Waals surface area contributed by atoms with E-state index in [4.69, 9.17) is 14.7 Å². The summed E-state index contributed by atoms with van der Waals surface area (Å²) in [7, 11) is 0. The minimum atomic E-state index is -0.166. The smallest absolute Gasteiger partial charge is 0.251 e. The van der Waals surface area contributed by atoms with Gasteiger partial charge in [-0.2, -0.15) is 5.26 Å². The van der Waals surface area contributed by atoms with Crippen LogP contribution in [0.25, 0.3) is 0 Å². The molecule has 2 aromatic rings. The fourth-order valence-electron chi connectivity index (χ4n) is 2.93. The second-order valence-electron chi connectivity index (χ2n) is 6.64. The lowest BCUT2D eigenvalue weighted by molar-refractivity contribution is 0.0925. The lowest BCUT2D eigenvalue weighted by atomic mass is 9.95. The molecule has 0 unspecified atom stereocenters. The minimum Gasteiger partial charge on any atom is -0.490 e. The molecule has 5 heteroatoms. The van der Waals surface area contributed by atoms with Gasteiger partial charge in [-0.25, -0.2) is 0 Å². The van der Waals surface area contributed by atoms with Crippen LogP contribution in [0.5, 0.6) is 11.5 Å². The Morgan fingerprint density at radius 2 is 1.77 bits per heavy atom. The van der Waals surface area contributed by atoms with Crippen LogP contribution < -0.4 is 14.8 Å². The fraction of sp³-hybridized carbons (Fsp3) is 0.333. The normalized spacial score (nSPS) is 14.2. The van der Waals surface area contributed by atoms with Crippen molar-refractivity contribution in [3.05, 3.63) is 59.2 Å². The third-order valence-electron chi connectivity index (χ3n) is 4.36. The summed E-state index contributed by atoms with van der Waals surface area (Å²) in [6.45, 7) is 5.40. The molecule has 134 valence electrons. The highest BCUT2D eigenvalue weighted by atomic mass is 16.5. The van der Waals surface area contributed by atoms with Crippen LogP contribution in [-0.4, -0.2) is 19.1 Å². The van der Waals surface area contributed by atoms with Gasteiger partial charge in [-0.15, -0.1) is 0 Å².